The zero-order valence-corrected chi connectivity index (χ0v) is 14.8. The number of ether oxygens (including phenoxy) is 1. The first-order chi connectivity index (χ1) is 12.4. The molecule has 2 aromatic carbocycles. The van der Waals surface area contributed by atoms with Crippen molar-refractivity contribution in [3.63, 3.8) is 0 Å². The Bertz CT molecular complexity index is 1060. The molecule has 0 radical (unpaired) electrons. The van der Waals surface area contributed by atoms with Gasteiger partial charge in [-0.15, -0.1) is 0 Å². The van der Waals surface area contributed by atoms with Gasteiger partial charge in [0.15, 0.2) is 17.4 Å². The highest BCUT2D eigenvalue weighted by Crippen LogP contribution is 2.34. The zero-order chi connectivity index (χ0) is 18.4. The van der Waals surface area contributed by atoms with Gasteiger partial charge in [0.05, 0.1) is 10.7 Å². The molecule has 0 fully saturated rings. The lowest BCUT2D eigenvalue weighted by Gasteiger charge is -2.23. The molecule has 1 aliphatic rings. The number of rotatable bonds is 2. The highest BCUT2D eigenvalue weighted by atomic mass is 35.5. The summed E-state index contributed by atoms with van der Waals surface area (Å²) in [5.74, 6) is 0.122. The Balaban J connectivity index is 1.63. The van der Waals surface area contributed by atoms with E-state index in [0.717, 1.165) is 5.39 Å². The number of nitrogens with one attached hydrogen (secondary N) is 2. The van der Waals surface area contributed by atoms with E-state index in [9.17, 15) is 9.59 Å². The van der Waals surface area contributed by atoms with Gasteiger partial charge in [-0.1, -0.05) is 23.7 Å². The lowest BCUT2D eigenvalue weighted by atomic mass is 10.1. The van der Waals surface area contributed by atoms with E-state index < -0.39 is 12.0 Å². The third-order valence-corrected chi connectivity index (χ3v) is 4.59. The summed E-state index contributed by atoms with van der Waals surface area (Å²) in [4.78, 5) is 24.4. The third-order valence-electron chi connectivity index (χ3n) is 4.29. The lowest BCUT2D eigenvalue weighted by molar-refractivity contribution is -0.122. The van der Waals surface area contributed by atoms with Gasteiger partial charge in [0.25, 0.3) is 11.8 Å². The number of aryl methyl sites for hydroxylation is 1. The number of carbonyl (C=O) groups excluding carboxylic acids is 2. The first kappa shape index (κ1) is 16.5. The highest BCUT2D eigenvalue weighted by Gasteiger charge is 2.24. The number of anilines is 2. The summed E-state index contributed by atoms with van der Waals surface area (Å²) in [6, 6.07) is 10.4. The van der Waals surface area contributed by atoms with Crippen molar-refractivity contribution in [2.45, 2.75) is 20.0 Å². The molecular formula is C19H15ClN2O4. The van der Waals surface area contributed by atoms with Crippen LogP contribution in [0.5, 0.6) is 5.75 Å². The van der Waals surface area contributed by atoms with Crippen LogP contribution in [0, 0.1) is 6.92 Å². The quantitative estimate of drug-likeness (QED) is 0.702. The lowest BCUT2D eigenvalue weighted by Crippen LogP contribution is -2.34. The van der Waals surface area contributed by atoms with Gasteiger partial charge < -0.3 is 19.8 Å². The maximum absolute atomic E-state index is 12.6. The number of amides is 2. The number of para-hydroxylation sites is 1. The summed E-state index contributed by atoms with van der Waals surface area (Å²) in [5.41, 5.74) is 2.22. The minimum Gasteiger partial charge on any atom is -0.479 e. The van der Waals surface area contributed by atoms with E-state index in [2.05, 4.69) is 10.6 Å². The van der Waals surface area contributed by atoms with Gasteiger partial charge in [-0.2, -0.15) is 0 Å². The topological polar surface area (TPSA) is 80.6 Å². The SMILES string of the molecule is Cc1c(C(=O)Nc2ccc3c(c2)NC(=O)C(C)O3)oc2c(Cl)cccc12. The summed E-state index contributed by atoms with van der Waals surface area (Å²) in [7, 11) is 0. The van der Waals surface area contributed by atoms with Gasteiger partial charge in [0.1, 0.15) is 5.75 Å². The fraction of sp³-hybridized carbons (Fsp3) is 0.158. The van der Waals surface area contributed by atoms with Crippen LogP contribution in [-0.2, 0) is 4.79 Å². The summed E-state index contributed by atoms with van der Waals surface area (Å²) in [6.45, 7) is 3.48. The van der Waals surface area contributed by atoms with Crippen LogP contribution in [0.25, 0.3) is 11.0 Å². The molecule has 0 spiro atoms. The van der Waals surface area contributed by atoms with Gasteiger partial charge in [0, 0.05) is 16.6 Å². The average Bonchev–Trinajstić information content (AvgIpc) is 2.95. The van der Waals surface area contributed by atoms with Crippen molar-refractivity contribution in [3.05, 3.63) is 52.7 Å². The number of hydrogen-bond donors (Lipinski definition) is 2. The third kappa shape index (κ3) is 2.68. The minimum absolute atomic E-state index is 0.194. The number of carbonyl (C=O) groups is 2. The molecule has 1 atom stereocenters. The normalized spacial score (nSPS) is 16.0. The Morgan fingerprint density at radius 3 is 2.85 bits per heavy atom. The van der Waals surface area contributed by atoms with Crippen LogP contribution in [0.3, 0.4) is 0 Å². The van der Waals surface area contributed by atoms with Crippen molar-refractivity contribution in [1.82, 2.24) is 0 Å². The van der Waals surface area contributed by atoms with E-state index in [4.69, 9.17) is 20.8 Å². The van der Waals surface area contributed by atoms with Crippen molar-refractivity contribution in [2.24, 2.45) is 0 Å². The average molecular weight is 371 g/mol. The van der Waals surface area contributed by atoms with Gasteiger partial charge in [-0.25, -0.2) is 0 Å². The van der Waals surface area contributed by atoms with Crippen molar-refractivity contribution in [1.29, 1.82) is 0 Å². The van der Waals surface area contributed by atoms with Crippen LogP contribution in [-0.4, -0.2) is 17.9 Å². The molecule has 2 N–H and O–H groups in total. The van der Waals surface area contributed by atoms with Crippen LogP contribution < -0.4 is 15.4 Å². The van der Waals surface area contributed by atoms with Gasteiger partial charge in [-0.3, -0.25) is 9.59 Å². The van der Waals surface area contributed by atoms with Gasteiger partial charge in [0.2, 0.25) is 0 Å². The first-order valence-electron chi connectivity index (χ1n) is 8.04. The van der Waals surface area contributed by atoms with Crippen molar-refractivity contribution < 1.29 is 18.7 Å². The molecule has 0 bridgehead atoms. The second-order valence-electron chi connectivity index (χ2n) is 6.09. The van der Waals surface area contributed by atoms with E-state index in [-0.39, 0.29) is 11.7 Å². The summed E-state index contributed by atoms with van der Waals surface area (Å²) in [6.07, 6.45) is -0.550. The summed E-state index contributed by atoms with van der Waals surface area (Å²) in [5, 5.41) is 6.77. The van der Waals surface area contributed by atoms with E-state index in [1.54, 1.807) is 38.1 Å². The molecule has 1 aromatic heterocycles. The molecule has 4 rings (SSSR count). The number of hydrogen-bond acceptors (Lipinski definition) is 4. The Morgan fingerprint density at radius 1 is 1.27 bits per heavy atom. The molecule has 3 aromatic rings. The predicted octanol–water partition coefficient (Wildman–Crippen LogP) is 4.37. The molecule has 26 heavy (non-hydrogen) atoms. The molecule has 1 unspecified atom stereocenters. The van der Waals surface area contributed by atoms with E-state index in [1.165, 1.54) is 0 Å². The Labute approximate surface area is 154 Å². The predicted molar refractivity (Wildman–Crippen MR) is 99.1 cm³/mol. The Kier molecular flexibility index (Phi) is 3.85. The van der Waals surface area contributed by atoms with Crippen molar-refractivity contribution >= 4 is 45.8 Å². The summed E-state index contributed by atoms with van der Waals surface area (Å²) >= 11 is 6.13. The Morgan fingerprint density at radius 2 is 2.08 bits per heavy atom. The monoisotopic (exact) mass is 370 g/mol. The highest BCUT2D eigenvalue weighted by molar-refractivity contribution is 6.35. The Hall–Kier alpha value is -2.99. The number of benzene rings is 2. The van der Waals surface area contributed by atoms with E-state index in [1.807, 2.05) is 12.1 Å². The van der Waals surface area contributed by atoms with Crippen molar-refractivity contribution in [2.75, 3.05) is 10.6 Å². The first-order valence-corrected chi connectivity index (χ1v) is 8.42. The van der Waals surface area contributed by atoms with Crippen LogP contribution in [0.2, 0.25) is 5.02 Å². The van der Waals surface area contributed by atoms with Gasteiger partial charge >= 0.3 is 0 Å². The molecule has 6 nitrogen and oxygen atoms in total. The van der Waals surface area contributed by atoms with Crippen LogP contribution in [0.4, 0.5) is 11.4 Å². The second-order valence-corrected chi connectivity index (χ2v) is 6.49. The molecule has 7 heteroatoms. The van der Waals surface area contributed by atoms with E-state index in [0.29, 0.717) is 33.3 Å². The molecule has 0 saturated carbocycles. The number of fused-ring (bicyclic) bond motifs is 2. The van der Waals surface area contributed by atoms with Crippen LogP contribution in [0.1, 0.15) is 23.0 Å². The molecule has 132 valence electrons. The van der Waals surface area contributed by atoms with Crippen molar-refractivity contribution in [3.8, 4) is 5.75 Å². The van der Waals surface area contributed by atoms with Crippen LogP contribution >= 0.6 is 11.6 Å². The number of halogens is 1. The fourth-order valence-corrected chi connectivity index (χ4v) is 3.11. The van der Waals surface area contributed by atoms with Crippen LogP contribution in [0.15, 0.2) is 40.8 Å². The second kappa shape index (κ2) is 6.07. The largest absolute Gasteiger partial charge is 0.479 e. The molecule has 2 heterocycles. The molecule has 0 saturated heterocycles. The standard InChI is InChI=1S/C19H15ClN2O4/c1-9-12-4-3-5-13(20)17(12)26-16(9)19(24)21-11-6-7-15-14(8-11)22-18(23)10(2)25-15/h3-8,10H,1-2H3,(H,21,24)(H,22,23). The molecular weight excluding hydrogens is 356 g/mol. The van der Waals surface area contributed by atoms with E-state index >= 15 is 0 Å². The molecule has 2 amide bonds. The molecule has 0 aliphatic carbocycles. The maximum atomic E-state index is 12.6. The minimum atomic E-state index is -0.550. The maximum Gasteiger partial charge on any atom is 0.291 e. The number of furan rings is 1. The fourth-order valence-electron chi connectivity index (χ4n) is 2.90. The summed E-state index contributed by atoms with van der Waals surface area (Å²) < 4.78 is 11.2. The van der Waals surface area contributed by atoms with Gasteiger partial charge in [-0.05, 0) is 38.1 Å². The zero-order valence-electron chi connectivity index (χ0n) is 14.1. The smallest absolute Gasteiger partial charge is 0.291 e. The molecule has 1 aliphatic heterocycles.